The van der Waals surface area contributed by atoms with E-state index in [1.807, 2.05) is 7.05 Å². The van der Waals surface area contributed by atoms with E-state index in [0.29, 0.717) is 11.8 Å². The first-order chi connectivity index (χ1) is 5.26. The lowest BCUT2D eigenvalue weighted by Gasteiger charge is -2.17. The van der Waals surface area contributed by atoms with Crippen LogP contribution in [0, 0.1) is 24.2 Å². The molecular formula is C10H19N. The van der Waals surface area contributed by atoms with Crippen molar-refractivity contribution < 1.29 is 0 Å². The second-order valence-corrected chi connectivity index (χ2v) is 3.10. The molecule has 0 amide bonds. The van der Waals surface area contributed by atoms with Crippen molar-refractivity contribution in [2.75, 3.05) is 13.6 Å². The Hall–Kier alpha value is -0.480. The third kappa shape index (κ3) is 4.06. The predicted octanol–water partition coefficient (Wildman–Crippen LogP) is 1.89. The highest BCUT2D eigenvalue weighted by Crippen LogP contribution is 2.15. The van der Waals surface area contributed by atoms with Gasteiger partial charge < -0.3 is 5.32 Å². The molecule has 0 spiro atoms. The van der Waals surface area contributed by atoms with E-state index >= 15 is 0 Å². The molecule has 0 aromatic rings. The SMILES string of the molecule is C#CC(CNC)C(C)CCC. The van der Waals surface area contributed by atoms with Gasteiger partial charge in [0.1, 0.15) is 0 Å². The summed E-state index contributed by atoms with van der Waals surface area (Å²) < 4.78 is 0. The summed E-state index contributed by atoms with van der Waals surface area (Å²) in [5, 5.41) is 3.12. The van der Waals surface area contributed by atoms with E-state index in [0.717, 1.165) is 6.54 Å². The smallest absolute Gasteiger partial charge is 0.0350 e. The average molecular weight is 153 g/mol. The lowest BCUT2D eigenvalue weighted by atomic mass is 9.91. The Morgan fingerprint density at radius 1 is 1.55 bits per heavy atom. The Labute approximate surface area is 70.6 Å². The van der Waals surface area contributed by atoms with E-state index < -0.39 is 0 Å². The molecule has 0 aromatic heterocycles. The van der Waals surface area contributed by atoms with Crippen molar-refractivity contribution >= 4 is 0 Å². The Balaban J connectivity index is 3.73. The molecule has 0 bridgehead atoms. The first-order valence-electron chi connectivity index (χ1n) is 4.37. The first-order valence-corrected chi connectivity index (χ1v) is 4.37. The average Bonchev–Trinajstić information content (AvgIpc) is 2.00. The second-order valence-electron chi connectivity index (χ2n) is 3.10. The molecule has 0 radical (unpaired) electrons. The quantitative estimate of drug-likeness (QED) is 0.595. The van der Waals surface area contributed by atoms with Crippen LogP contribution in [0.4, 0.5) is 0 Å². The molecule has 1 nitrogen and oxygen atoms in total. The molecule has 0 aromatic carbocycles. The van der Waals surface area contributed by atoms with Crippen molar-refractivity contribution in [3.8, 4) is 12.3 Å². The van der Waals surface area contributed by atoms with Gasteiger partial charge in [0, 0.05) is 12.5 Å². The highest BCUT2D eigenvalue weighted by atomic mass is 14.8. The van der Waals surface area contributed by atoms with Crippen LogP contribution in [0.25, 0.3) is 0 Å². The number of hydrogen-bond donors (Lipinski definition) is 1. The summed E-state index contributed by atoms with van der Waals surface area (Å²) in [6.07, 6.45) is 7.86. The zero-order chi connectivity index (χ0) is 8.69. The molecule has 1 heteroatoms. The van der Waals surface area contributed by atoms with E-state index in [2.05, 4.69) is 25.1 Å². The molecule has 1 N–H and O–H groups in total. The van der Waals surface area contributed by atoms with Crippen molar-refractivity contribution in [3.05, 3.63) is 0 Å². The van der Waals surface area contributed by atoms with Crippen molar-refractivity contribution in [2.24, 2.45) is 11.8 Å². The molecule has 2 unspecified atom stereocenters. The fraction of sp³-hybridized carbons (Fsp3) is 0.800. The monoisotopic (exact) mass is 153 g/mol. The molecule has 0 fully saturated rings. The van der Waals surface area contributed by atoms with Gasteiger partial charge in [0.2, 0.25) is 0 Å². The lowest BCUT2D eigenvalue weighted by Crippen LogP contribution is -2.23. The van der Waals surface area contributed by atoms with Crippen LogP contribution in [0.3, 0.4) is 0 Å². The summed E-state index contributed by atoms with van der Waals surface area (Å²) >= 11 is 0. The molecule has 0 aliphatic heterocycles. The van der Waals surface area contributed by atoms with Crippen LogP contribution >= 0.6 is 0 Å². The normalized spacial score (nSPS) is 15.5. The number of hydrogen-bond acceptors (Lipinski definition) is 1. The Morgan fingerprint density at radius 2 is 2.18 bits per heavy atom. The van der Waals surface area contributed by atoms with E-state index in [-0.39, 0.29) is 0 Å². The lowest BCUT2D eigenvalue weighted by molar-refractivity contribution is 0.398. The molecule has 64 valence electrons. The van der Waals surface area contributed by atoms with Gasteiger partial charge in [-0.05, 0) is 19.4 Å². The molecule has 11 heavy (non-hydrogen) atoms. The van der Waals surface area contributed by atoms with Crippen LogP contribution < -0.4 is 5.32 Å². The minimum absolute atomic E-state index is 0.403. The zero-order valence-corrected chi connectivity index (χ0v) is 7.85. The summed E-state index contributed by atoms with van der Waals surface area (Å²) in [5.41, 5.74) is 0. The third-order valence-electron chi connectivity index (χ3n) is 2.07. The molecule has 0 heterocycles. The van der Waals surface area contributed by atoms with Crippen molar-refractivity contribution in [3.63, 3.8) is 0 Å². The van der Waals surface area contributed by atoms with Crippen LogP contribution in [0.5, 0.6) is 0 Å². The summed E-state index contributed by atoms with van der Waals surface area (Å²) in [6.45, 7) is 5.37. The van der Waals surface area contributed by atoms with Crippen LogP contribution in [0.2, 0.25) is 0 Å². The zero-order valence-electron chi connectivity index (χ0n) is 7.85. The topological polar surface area (TPSA) is 12.0 Å². The third-order valence-corrected chi connectivity index (χ3v) is 2.07. The van der Waals surface area contributed by atoms with Gasteiger partial charge in [-0.15, -0.1) is 12.3 Å². The highest BCUT2D eigenvalue weighted by molar-refractivity contribution is 4.96. The van der Waals surface area contributed by atoms with E-state index in [4.69, 9.17) is 6.42 Å². The first kappa shape index (κ1) is 10.5. The van der Waals surface area contributed by atoms with Crippen molar-refractivity contribution in [1.82, 2.24) is 5.32 Å². The highest BCUT2D eigenvalue weighted by Gasteiger charge is 2.11. The van der Waals surface area contributed by atoms with Gasteiger partial charge in [0.15, 0.2) is 0 Å². The molecule has 0 rings (SSSR count). The van der Waals surface area contributed by atoms with Gasteiger partial charge in [0.25, 0.3) is 0 Å². The molecule has 0 aliphatic carbocycles. The maximum Gasteiger partial charge on any atom is 0.0350 e. The Bertz CT molecular complexity index is 123. The summed E-state index contributed by atoms with van der Waals surface area (Å²) in [6, 6.07) is 0. The summed E-state index contributed by atoms with van der Waals surface area (Å²) in [4.78, 5) is 0. The largest absolute Gasteiger partial charge is 0.319 e. The summed E-state index contributed by atoms with van der Waals surface area (Å²) in [7, 11) is 1.95. The van der Waals surface area contributed by atoms with Gasteiger partial charge in [-0.3, -0.25) is 0 Å². The van der Waals surface area contributed by atoms with E-state index in [1.165, 1.54) is 12.8 Å². The molecular weight excluding hydrogens is 134 g/mol. The van der Waals surface area contributed by atoms with Crippen molar-refractivity contribution in [2.45, 2.75) is 26.7 Å². The van der Waals surface area contributed by atoms with Crippen LogP contribution in [0.1, 0.15) is 26.7 Å². The maximum atomic E-state index is 5.40. The molecule has 0 saturated heterocycles. The van der Waals surface area contributed by atoms with Crippen LogP contribution in [-0.4, -0.2) is 13.6 Å². The van der Waals surface area contributed by atoms with E-state index in [9.17, 15) is 0 Å². The van der Waals surface area contributed by atoms with E-state index in [1.54, 1.807) is 0 Å². The van der Waals surface area contributed by atoms with Gasteiger partial charge >= 0.3 is 0 Å². The fourth-order valence-corrected chi connectivity index (χ4v) is 1.30. The van der Waals surface area contributed by atoms with Gasteiger partial charge in [-0.25, -0.2) is 0 Å². The van der Waals surface area contributed by atoms with Crippen LogP contribution in [0.15, 0.2) is 0 Å². The molecule has 0 saturated carbocycles. The van der Waals surface area contributed by atoms with Gasteiger partial charge in [-0.2, -0.15) is 0 Å². The predicted molar refractivity (Wildman–Crippen MR) is 50.3 cm³/mol. The Morgan fingerprint density at radius 3 is 2.55 bits per heavy atom. The van der Waals surface area contributed by atoms with Gasteiger partial charge in [-0.1, -0.05) is 20.3 Å². The van der Waals surface area contributed by atoms with Crippen LogP contribution in [-0.2, 0) is 0 Å². The standard InChI is InChI=1S/C10H19N/c1-5-7-9(3)10(6-2)8-11-4/h2,9-11H,5,7-8H2,1,3-4H3. The van der Waals surface area contributed by atoms with Crippen molar-refractivity contribution in [1.29, 1.82) is 0 Å². The molecule has 0 aliphatic rings. The number of terminal acetylenes is 1. The molecule has 2 atom stereocenters. The minimum atomic E-state index is 0.403. The second kappa shape index (κ2) is 6.24. The maximum absolute atomic E-state index is 5.40. The summed E-state index contributed by atoms with van der Waals surface area (Å²) in [5.74, 6) is 3.88. The number of rotatable bonds is 5. The van der Waals surface area contributed by atoms with Gasteiger partial charge in [0.05, 0.1) is 0 Å². The Kier molecular flexibility index (Phi) is 5.97. The number of nitrogens with one attached hydrogen (secondary N) is 1. The fourth-order valence-electron chi connectivity index (χ4n) is 1.30. The minimum Gasteiger partial charge on any atom is -0.319 e.